The van der Waals surface area contributed by atoms with Gasteiger partial charge in [-0.2, -0.15) is 0 Å². The van der Waals surface area contributed by atoms with Gasteiger partial charge in [0.1, 0.15) is 6.10 Å². The van der Waals surface area contributed by atoms with Gasteiger partial charge in [0.2, 0.25) is 0 Å². The first kappa shape index (κ1) is 24.9. The van der Waals surface area contributed by atoms with E-state index in [9.17, 15) is 4.79 Å². The van der Waals surface area contributed by atoms with Crippen LogP contribution in [0.15, 0.2) is 11.6 Å². The number of ether oxygens (including phenoxy) is 1. The maximum absolute atomic E-state index is 11.9. The second kappa shape index (κ2) is 7.61. The number of hydrogen-bond acceptors (Lipinski definition) is 2. The molecule has 0 unspecified atom stereocenters. The van der Waals surface area contributed by atoms with Crippen LogP contribution in [0, 0.1) is 56.7 Å². The number of esters is 1. The number of rotatable bonds is 2. The van der Waals surface area contributed by atoms with Crippen LogP contribution in [-0.4, -0.2) is 12.1 Å². The van der Waals surface area contributed by atoms with Gasteiger partial charge in [0.15, 0.2) is 0 Å². The van der Waals surface area contributed by atoms with Crippen molar-refractivity contribution >= 4 is 5.97 Å². The summed E-state index contributed by atoms with van der Waals surface area (Å²) in [6.07, 6.45) is 14.6. The van der Waals surface area contributed by atoms with Crippen LogP contribution in [0.2, 0.25) is 0 Å². The molecule has 34 heavy (non-hydrogen) atoms. The summed E-state index contributed by atoms with van der Waals surface area (Å²) in [7, 11) is 0. The summed E-state index contributed by atoms with van der Waals surface area (Å²) < 4.78 is 5.89. The van der Waals surface area contributed by atoms with Crippen molar-refractivity contribution < 1.29 is 9.53 Å². The van der Waals surface area contributed by atoms with Gasteiger partial charge in [0.05, 0.1) is 0 Å². The third kappa shape index (κ3) is 3.01. The Labute approximate surface area is 210 Å². The van der Waals surface area contributed by atoms with E-state index in [1.807, 2.05) is 0 Å². The minimum Gasteiger partial charge on any atom is -0.462 e. The van der Waals surface area contributed by atoms with Gasteiger partial charge >= 0.3 is 5.97 Å². The lowest BCUT2D eigenvalue weighted by Gasteiger charge is -2.69. The second-order valence-corrected chi connectivity index (χ2v) is 15.2. The van der Waals surface area contributed by atoms with Crippen molar-refractivity contribution in [1.29, 1.82) is 0 Å². The minimum atomic E-state index is -0.114. The van der Waals surface area contributed by atoms with Crippen molar-refractivity contribution in [1.82, 2.24) is 0 Å². The van der Waals surface area contributed by atoms with Crippen molar-refractivity contribution in [2.75, 3.05) is 0 Å². The van der Waals surface area contributed by atoms with Gasteiger partial charge in [-0.05, 0) is 109 Å². The molecule has 0 spiro atoms. The Kier molecular flexibility index (Phi) is 5.57. The number of fused-ring (bicyclic) bond motifs is 7. The molecule has 2 nitrogen and oxygen atoms in total. The molecule has 0 aromatic heterocycles. The van der Waals surface area contributed by atoms with Crippen LogP contribution >= 0.6 is 0 Å². The van der Waals surface area contributed by atoms with Gasteiger partial charge in [-0.3, -0.25) is 4.79 Å². The van der Waals surface area contributed by atoms with Crippen LogP contribution < -0.4 is 0 Å². The summed E-state index contributed by atoms with van der Waals surface area (Å²) >= 11 is 0. The van der Waals surface area contributed by atoms with E-state index in [4.69, 9.17) is 4.74 Å². The van der Waals surface area contributed by atoms with Crippen molar-refractivity contribution in [2.24, 2.45) is 56.7 Å². The summed E-state index contributed by atoms with van der Waals surface area (Å²) in [5.74, 6) is 3.79. The van der Waals surface area contributed by atoms with Crippen molar-refractivity contribution in [3.05, 3.63) is 11.6 Å². The van der Waals surface area contributed by atoms with E-state index in [1.54, 1.807) is 12.5 Å². The molecule has 0 aromatic carbocycles. The Hall–Kier alpha value is -0.790. The van der Waals surface area contributed by atoms with Crippen LogP contribution in [0.25, 0.3) is 0 Å². The van der Waals surface area contributed by atoms with E-state index < -0.39 is 0 Å². The molecule has 0 radical (unpaired) electrons. The van der Waals surface area contributed by atoms with Crippen LogP contribution in [0.5, 0.6) is 0 Å². The van der Waals surface area contributed by atoms with Crippen LogP contribution in [0.4, 0.5) is 0 Å². The largest absolute Gasteiger partial charge is 0.462 e. The summed E-state index contributed by atoms with van der Waals surface area (Å²) in [5.41, 5.74) is 3.46. The lowest BCUT2D eigenvalue weighted by molar-refractivity contribution is -0.179. The molecule has 5 rings (SSSR count). The molecular weight excluding hydrogens is 416 g/mol. The van der Waals surface area contributed by atoms with Gasteiger partial charge in [-0.1, -0.05) is 67.0 Å². The molecule has 0 amide bonds. The summed E-state index contributed by atoms with van der Waals surface area (Å²) in [6, 6.07) is 0. The zero-order valence-electron chi connectivity index (χ0n) is 23.7. The Morgan fingerprint density at radius 1 is 0.882 bits per heavy atom. The fourth-order valence-electron chi connectivity index (χ4n) is 11.6. The molecule has 0 bridgehead atoms. The molecule has 0 aromatic rings. The first-order chi connectivity index (χ1) is 15.7. The average molecular weight is 469 g/mol. The standard InChI is InChI=1S/C32H52O2/c1-20(2)22-10-13-26-30(22,7)18-19-31(8)24-11-12-25-28(4,5)27(34-21(3)33)15-16-29(25,6)23(24)14-17-32(26,31)9/h14,20,22,24-27H,10-13,15-19H2,1-9H3/t22-,24+,25-,26+,27-,29+,30-,31-,32+/m0/s1. The third-order valence-electron chi connectivity index (χ3n) is 13.5. The monoisotopic (exact) mass is 468 g/mol. The maximum Gasteiger partial charge on any atom is 0.302 e. The van der Waals surface area contributed by atoms with Crippen molar-refractivity contribution in [3.63, 3.8) is 0 Å². The van der Waals surface area contributed by atoms with E-state index in [2.05, 4.69) is 61.5 Å². The van der Waals surface area contributed by atoms with E-state index in [1.165, 1.54) is 51.4 Å². The predicted molar refractivity (Wildman–Crippen MR) is 140 cm³/mol. The summed E-state index contributed by atoms with van der Waals surface area (Å²) in [6.45, 7) is 22.0. The summed E-state index contributed by atoms with van der Waals surface area (Å²) in [5, 5.41) is 0. The first-order valence-electron chi connectivity index (χ1n) is 14.6. The average Bonchev–Trinajstić information content (AvgIpc) is 3.10. The van der Waals surface area contributed by atoms with Gasteiger partial charge in [0, 0.05) is 12.3 Å². The SMILES string of the molecule is CC(=O)O[C@H]1CC[C@]2(C)C3=CC[C@]4(C)[C@@H]5CC[C@@H](C(C)C)[C@]5(C)CC[C@@]4(C)[C@@H]3CC[C@H]2C1(C)C. The van der Waals surface area contributed by atoms with Gasteiger partial charge in [0.25, 0.3) is 0 Å². The number of allylic oxidation sites excluding steroid dienone is 2. The topological polar surface area (TPSA) is 26.3 Å². The molecule has 4 fully saturated rings. The van der Waals surface area contributed by atoms with Gasteiger partial charge < -0.3 is 4.74 Å². The van der Waals surface area contributed by atoms with Gasteiger partial charge in [-0.15, -0.1) is 0 Å². The van der Waals surface area contributed by atoms with Crippen molar-refractivity contribution in [3.8, 4) is 0 Å². The highest BCUT2D eigenvalue weighted by Gasteiger charge is 2.68. The van der Waals surface area contributed by atoms with E-state index in [-0.39, 0.29) is 22.9 Å². The highest BCUT2D eigenvalue weighted by atomic mass is 16.5. The quantitative estimate of drug-likeness (QED) is 0.299. The number of hydrogen-bond donors (Lipinski definition) is 0. The number of carbonyl (C=O) groups excluding carboxylic acids is 1. The van der Waals surface area contributed by atoms with Crippen LogP contribution in [0.3, 0.4) is 0 Å². The van der Waals surface area contributed by atoms with Crippen molar-refractivity contribution in [2.45, 2.75) is 126 Å². The Morgan fingerprint density at radius 3 is 2.21 bits per heavy atom. The molecule has 0 saturated heterocycles. The van der Waals surface area contributed by atoms with E-state index >= 15 is 0 Å². The highest BCUT2D eigenvalue weighted by molar-refractivity contribution is 5.66. The summed E-state index contributed by atoms with van der Waals surface area (Å²) in [4.78, 5) is 11.9. The molecule has 4 saturated carbocycles. The van der Waals surface area contributed by atoms with E-state index in [0.29, 0.717) is 22.2 Å². The molecule has 192 valence electrons. The zero-order valence-corrected chi connectivity index (χ0v) is 23.7. The second-order valence-electron chi connectivity index (χ2n) is 15.2. The molecule has 9 atom stereocenters. The molecule has 5 aliphatic carbocycles. The Bertz CT molecular complexity index is 883. The number of carbonyl (C=O) groups is 1. The Balaban J connectivity index is 1.51. The smallest absolute Gasteiger partial charge is 0.302 e. The molecule has 0 heterocycles. The van der Waals surface area contributed by atoms with Gasteiger partial charge in [-0.25, -0.2) is 0 Å². The predicted octanol–water partition coefficient (Wildman–Crippen LogP) is 8.60. The highest BCUT2D eigenvalue weighted by Crippen LogP contribution is 2.76. The van der Waals surface area contributed by atoms with E-state index in [0.717, 1.165) is 30.1 Å². The zero-order chi connectivity index (χ0) is 24.9. The van der Waals surface area contributed by atoms with Crippen LogP contribution in [-0.2, 0) is 9.53 Å². The maximum atomic E-state index is 11.9. The minimum absolute atomic E-state index is 0.0349. The molecule has 2 heteroatoms. The fraction of sp³-hybridized carbons (Fsp3) is 0.906. The van der Waals surface area contributed by atoms with Crippen LogP contribution in [0.1, 0.15) is 120 Å². The molecule has 0 N–H and O–H groups in total. The molecule has 5 aliphatic rings. The lowest BCUT2D eigenvalue weighted by Crippen LogP contribution is -2.62. The third-order valence-corrected chi connectivity index (χ3v) is 13.5. The first-order valence-corrected chi connectivity index (χ1v) is 14.6. The molecule has 0 aliphatic heterocycles. The lowest BCUT2D eigenvalue weighted by atomic mass is 9.35. The Morgan fingerprint density at radius 2 is 1.56 bits per heavy atom. The fourth-order valence-corrected chi connectivity index (χ4v) is 11.6. The molecular formula is C32H52O2. The normalized spacial score (nSPS) is 51.6.